The van der Waals surface area contributed by atoms with Gasteiger partial charge in [-0.2, -0.15) is 0 Å². The summed E-state index contributed by atoms with van der Waals surface area (Å²) < 4.78 is 4.68. The maximum atomic E-state index is 10.5. The van der Waals surface area contributed by atoms with Gasteiger partial charge in [0.15, 0.2) is 0 Å². The lowest BCUT2D eigenvalue weighted by Gasteiger charge is -2.03. The van der Waals surface area contributed by atoms with Crippen molar-refractivity contribution in [2.45, 2.75) is 6.92 Å². The maximum absolute atomic E-state index is 10.5. The van der Waals surface area contributed by atoms with Crippen molar-refractivity contribution in [2.24, 2.45) is 5.16 Å². The van der Waals surface area contributed by atoms with E-state index < -0.39 is 5.97 Å². The molecule has 0 aromatic carbocycles. The van der Waals surface area contributed by atoms with Gasteiger partial charge in [-0.05, 0) is 12.1 Å². The summed E-state index contributed by atoms with van der Waals surface area (Å²) in [6.45, 7) is 1.20. The van der Waals surface area contributed by atoms with E-state index in [0.29, 0.717) is 5.69 Å². The molecular weight excluding hydrogens is 184 g/mol. The second-order valence-corrected chi connectivity index (χ2v) is 2.54. The standard InChI is InChI=1S/C9H10N2O3/c1-7(12)14-6-9(11-13)8-4-2-3-5-10-8/h2-5,13H,6H2,1H3. The van der Waals surface area contributed by atoms with Crippen LogP contribution in [0.25, 0.3) is 0 Å². The van der Waals surface area contributed by atoms with Gasteiger partial charge in [0, 0.05) is 13.1 Å². The Bertz CT molecular complexity index is 335. The lowest BCUT2D eigenvalue weighted by Crippen LogP contribution is -2.14. The van der Waals surface area contributed by atoms with Crippen LogP contribution in [0.2, 0.25) is 0 Å². The normalized spacial score (nSPS) is 11.1. The fourth-order valence-corrected chi connectivity index (χ4v) is 0.857. The number of ether oxygens (including phenoxy) is 1. The Morgan fingerprint density at radius 2 is 2.43 bits per heavy atom. The molecule has 0 bridgehead atoms. The first-order valence-corrected chi connectivity index (χ1v) is 3.99. The predicted molar refractivity (Wildman–Crippen MR) is 49.2 cm³/mol. The predicted octanol–water partition coefficient (Wildman–Crippen LogP) is 0.823. The van der Waals surface area contributed by atoms with Crippen molar-refractivity contribution in [3.63, 3.8) is 0 Å². The zero-order valence-electron chi connectivity index (χ0n) is 7.67. The largest absolute Gasteiger partial charge is 0.459 e. The quantitative estimate of drug-likeness (QED) is 0.334. The first-order valence-electron chi connectivity index (χ1n) is 3.99. The summed E-state index contributed by atoms with van der Waals surface area (Å²) in [5.74, 6) is -0.429. The Labute approximate surface area is 81.0 Å². The van der Waals surface area contributed by atoms with Crippen LogP contribution < -0.4 is 0 Å². The lowest BCUT2D eigenvalue weighted by molar-refractivity contribution is -0.139. The molecule has 0 fully saturated rings. The molecule has 0 radical (unpaired) electrons. The van der Waals surface area contributed by atoms with Crippen LogP contribution in [0.5, 0.6) is 0 Å². The highest BCUT2D eigenvalue weighted by Gasteiger charge is 2.06. The Morgan fingerprint density at radius 3 is 2.93 bits per heavy atom. The summed E-state index contributed by atoms with van der Waals surface area (Å²) in [5, 5.41) is 11.7. The zero-order valence-corrected chi connectivity index (χ0v) is 7.67. The van der Waals surface area contributed by atoms with E-state index in [1.807, 2.05) is 0 Å². The summed E-state index contributed by atoms with van der Waals surface area (Å²) in [5.41, 5.74) is 0.706. The van der Waals surface area contributed by atoms with Gasteiger partial charge in [-0.1, -0.05) is 11.2 Å². The second kappa shape index (κ2) is 4.96. The molecule has 5 nitrogen and oxygen atoms in total. The highest BCUT2D eigenvalue weighted by atomic mass is 16.5. The smallest absolute Gasteiger partial charge is 0.303 e. The number of hydrogen-bond donors (Lipinski definition) is 1. The Morgan fingerprint density at radius 1 is 1.64 bits per heavy atom. The number of nitrogens with zero attached hydrogens (tertiary/aromatic N) is 2. The van der Waals surface area contributed by atoms with E-state index in [0.717, 1.165) is 0 Å². The van der Waals surface area contributed by atoms with E-state index in [2.05, 4.69) is 14.9 Å². The molecule has 0 aliphatic heterocycles. The number of rotatable bonds is 3. The summed E-state index contributed by atoms with van der Waals surface area (Å²) in [6, 6.07) is 5.16. The second-order valence-electron chi connectivity index (χ2n) is 2.54. The van der Waals surface area contributed by atoms with Crippen molar-refractivity contribution in [2.75, 3.05) is 6.61 Å². The van der Waals surface area contributed by atoms with Crippen molar-refractivity contribution in [1.29, 1.82) is 0 Å². The van der Waals surface area contributed by atoms with Gasteiger partial charge in [-0.25, -0.2) is 0 Å². The summed E-state index contributed by atoms with van der Waals surface area (Å²) in [4.78, 5) is 14.5. The Balaban J connectivity index is 2.69. The molecule has 0 amide bonds. The molecule has 0 unspecified atom stereocenters. The van der Waals surface area contributed by atoms with Gasteiger partial charge >= 0.3 is 5.97 Å². The minimum Gasteiger partial charge on any atom is -0.459 e. The number of hydrogen-bond acceptors (Lipinski definition) is 5. The Kier molecular flexibility index (Phi) is 3.60. The van der Waals surface area contributed by atoms with Crippen molar-refractivity contribution in [3.05, 3.63) is 30.1 Å². The monoisotopic (exact) mass is 194 g/mol. The van der Waals surface area contributed by atoms with Crippen molar-refractivity contribution in [3.8, 4) is 0 Å². The van der Waals surface area contributed by atoms with E-state index in [1.165, 1.54) is 6.92 Å². The van der Waals surface area contributed by atoms with Gasteiger partial charge in [0.25, 0.3) is 0 Å². The van der Waals surface area contributed by atoms with Crippen LogP contribution in [0.4, 0.5) is 0 Å². The number of oxime groups is 1. The van der Waals surface area contributed by atoms with Crippen molar-refractivity contribution >= 4 is 11.7 Å². The molecule has 0 saturated heterocycles. The topological polar surface area (TPSA) is 71.8 Å². The van der Waals surface area contributed by atoms with Gasteiger partial charge in [0.05, 0.1) is 5.69 Å². The van der Waals surface area contributed by atoms with Gasteiger partial charge < -0.3 is 9.94 Å². The van der Waals surface area contributed by atoms with Crippen molar-refractivity contribution in [1.82, 2.24) is 4.98 Å². The zero-order chi connectivity index (χ0) is 10.4. The molecule has 1 N–H and O–H groups in total. The molecule has 1 aromatic rings. The van der Waals surface area contributed by atoms with E-state index in [4.69, 9.17) is 5.21 Å². The van der Waals surface area contributed by atoms with Gasteiger partial charge in [-0.3, -0.25) is 9.78 Å². The molecule has 1 aromatic heterocycles. The molecular formula is C9H10N2O3. The average molecular weight is 194 g/mol. The van der Waals surface area contributed by atoms with Crippen LogP contribution in [0.3, 0.4) is 0 Å². The minimum absolute atomic E-state index is 0.0805. The maximum Gasteiger partial charge on any atom is 0.303 e. The number of carbonyl (C=O) groups is 1. The van der Waals surface area contributed by atoms with Crippen molar-refractivity contribution < 1.29 is 14.7 Å². The van der Waals surface area contributed by atoms with Crippen LogP contribution >= 0.6 is 0 Å². The molecule has 0 spiro atoms. The van der Waals surface area contributed by atoms with Crippen LogP contribution in [0, 0.1) is 0 Å². The molecule has 5 heteroatoms. The fourth-order valence-electron chi connectivity index (χ4n) is 0.857. The highest BCUT2D eigenvalue weighted by molar-refractivity contribution is 6.00. The molecule has 14 heavy (non-hydrogen) atoms. The van der Waals surface area contributed by atoms with Gasteiger partial charge in [0.2, 0.25) is 0 Å². The van der Waals surface area contributed by atoms with E-state index in [9.17, 15) is 4.79 Å². The molecule has 0 aliphatic carbocycles. The summed E-state index contributed by atoms with van der Waals surface area (Å²) in [7, 11) is 0. The Hall–Kier alpha value is -1.91. The van der Waals surface area contributed by atoms with Gasteiger partial charge in [-0.15, -0.1) is 0 Å². The summed E-state index contributed by atoms with van der Waals surface area (Å²) >= 11 is 0. The first-order chi connectivity index (χ1) is 6.74. The van der Waals surface area contributed by atoms with E-state index in [-0.39, 0.29) is 12.3 Å². The van der Waals surface area contributed by atoms with Crippen LogP contribution in [0.15, 0.2) is 29.6 Å². The third kappa shape index (κ3) is 2.85. The van der Waals surface area contributed by atoms with Crippen LogP contribution in [-0.4, -0.2) is 28.5 Å². The number of aromatic nitrogens is 1. The van der Waals surface area contributed by atoms with Gasteiger partial charge in [0.1, 0.15) is 12.3 Å². The van der Waals surface area contributed by atoms with E-state index >= 15 is 0 Å². The molecule has 0 atom stereocenters. The molecule has 0 aliphatic rings. The van der Waals surface area contributed by atoms with E-state index in [1.54, 1.807) is 24.4 Å². The number of pyridine rings is 1. The highest BCUT2D eigenvalue weighted by Crippen LogP contribution is 1.97. The molecule has 74 valence electrons. The molecule has 1 heterocycles. The fraction of sp³-hybridized carbons (Fsp3) is 0.222. The van der Waals surface area contributed by atoms with Crippen LogP contribution in [0.1, 0.15) is 12.6 Å². The lowest BCUT2D eigenvalue weighted by atomic mass is 10.2. The molecule has 0 saturated carbocycles. The molecule has 1 rings (SSSR count). The summed E-state index contributed by atoms with van der Waals surface area (Å²) in [6.07, 6.45) is 1.56. The third-order valence-electron chi connectivity index (χ3n) is 1.49. The first kappa shape index (κ1) is 10.2. The average Bonchev–Trinajstić information content (AvgIpc) is 2.20. The minimum atomic E-state index is -0.429. The number of carbonyl (C=O) groups excluding carboxylic acids is 1. The van der Waals surface area contributed by atoms with Crippen LogP contribution in [-0.2, 0) is 9.53 Å². The SMILES string of the molecule is CC(=O)OCC(=NO)c1ccccn1. The number of esters is 1. The third-order valence-corrected chi connectivity index (χ3v) is 1.49.